The van der Waals surface area contributed by atoms with Gasteiger partial charge in [0.15, 0.2) is 5.82 Å². The molecule has 2 aromatic heterocycles. The number of nitrogens with one attached hydrogen (secondary N) is 1. The first-order chi connectivity index (χ1) is 16.0. The Balaban J connectivity index is 0.00000126. The van der Waals surface area contributed by atoms with Crippen molar-refractivity contribution in [3.05, 3.63) is 34.9 Å². The van der Waals surface area contributed by atoms with Gasteiger partial charge in [-0.25, -0.2) is 9.37 Å². The number of aryl methyl sites for hydroxylation is 3. The summed E-state index contributed by atoms with van der Waals surface area (Å²) in [6.45, 7) is 13.0. The second-order valence-corrected chi connectivity index (χ2v) is 8.71. The molecule has 0 spiro atoms. The van der Waals surface area contributed by atoms with Crippen molar-refractivity contribution in [2.75, 3.05) is 31.2 Å². The summed E-state index contributed by atoms with van der Waals surface area (Å²) >= 11 is 0. The number of anilines is 1. The van der Waals surface area contributed by atoms with Gasteiger partial charge in [-0.3, -0.25) is 0 Å². The number of ether oxygens (including phenoxy) is 1. The summed E-state index contributed by atoms with van der Waals surface area (Å²) in [6, 6.07) is 4.41. The first kappa shape index (κ1) is 23.6. The van der Waals surface area contributed by atoms with Gasteiger partial charge in [0, 0.05) is 37.2 Å². The van der Waals surface area contributed by atoms with E-state index in [4.69, 9.17) is 14.2 Å². The van der Waals surface area contributed by atoms with Crippen LogP contribution in [0.5, 0.6) is 0 Å². The van der Waals surface area contributed by atoms with Gasteiger partial charge in [-0.1, -0.05) is 19.0 Å². The Morgan fingerprint density at radius 1 is 1.03 bits per heavy atom. The molecular formula is C25H34FN5O2. The van der Waals surface area contributed by atoms with Crippen LogP contribution in [0.4, 0.5) is 10.2 Å². The van der Waals surface area contributed by atoms with Crippen LogP contribution >= 0.6 is 0 Å². The fourth-order valence-corrected chi connectivity index (χ4v) is 4.74. The van der Waals surface area contributed by atoms with Crippen LogP contribution in [0.15, 0.2) is 16.7 Å². The van der Waals surface area contributed by atoms with Gasteiger partial charge < -0.3 is 19.5 Å². The molecule has 0 amide bonds. The lowest BCUT2D eigenvalue weighted by atomic mass is 9.99. The lowest BCUT2D eigenvalue weighted by Gasteiger charge is -2.35. The number of benzene rings is 1. The summed E-state index contributed by atoms with van der Waals surface area (Å²) in [6.07, 6.45) is 3.06. The number of pyridine rings is 1. The van der Waals surface area contributed by atoms with Crippen molar-refractivity contribution in [3.63, 3.8) is 0 Å². The Hall–Kier alpha value is -2.58. The smallest absolute Gasteiger partial charge is 0.261 e. The molecule has 2 aliphatic rings. The average Bonchev–Trinajstić information content (AvgIpc) is 3.48. The number of halogens is 1. The second kappa shape index (κ2) is 10.1. The Bertz CT molecular complexity index is 1100. The number of aromatic nitrogens is 3. The monoisotopic (exact) mass is 455 g/mol. The summed E-state index contributed by atoms with van der Waals surface area (Å²) < 4.78 is 25.9. The van der Waals surface area contributed by atoms with Crippen molar-refractivity contribution in [1.82, 2.24) is 20.4 Å². The molecule has 0 bridgehead atoms. The van der Waals surface area contributed by atoms with Crippen molar-refractivity contribution >= 4 is 16.7 Å². The van der Waals surface area contributed by atoms with Gasteiger partial charge in [0.25, 0.3) is 5.89 Å². The van der Waals surface area contributed by atoms with Crippen LogP contribution in [-0.2, 0) is 4.74 Å². The van der Waals surface area contributed by atoms with E-state index in [2.05, 4.69) is 20.4 Å². The minimum Gasteiger partial charge on any atom is -0.380 e. The molecule has 1 N–H and O–H groups in total. The molecule has 2 saturated heterocycles. The molecule has 1 unspecified atom stereocenters. The highest BCUT2D eigenvalue weighted by Crippen LogP contribution is 2.38. The molecule has 8 heteroatoms. The van der Waals surface area contributed by atoms with E-state index in [9.17, 15) is 4.39 Å². The summed E-state index contributed by atoms with van der Waals surface area (Å²) in [5.41, 5.74) is 2.96. The van der Waals surface area contributed by atoms with Gasteiger partial charge in [0.05, 0.1) is 12.2 Å². The maximum Gasteiger partial charge on any atom is 0.261 e. The topological polar surface area (TPSA) is 76.3 Å². The Morgan fingerprint density at radius 2 is 1.79 bits per heavy atom. The van der Waals surface area contributed by atoms with E-state index < -0.39 is 0 Å². The van der Waals surface area contributed by atoms with Crippen LogP contribution in [0.25, 0.3) is 22.4 Å². The number of nitrogens with zero attached hydrogens (tertiary/aromatic N) is 4. The summed E-state index contributed by atoms with van der Waals surface area (Å²) in [7, 11) is 0. The van der Waals surface area contributed by atoms with E-state index in [1.807, 2.05) is 33.8 Å². The normalized spacial score (nSPS) is 19.1. The summed E-state index contributed by atoms with van der Waals surface area (Å²) in [4.78, 5) is 11.5. The fraction of sp³-hybridized carbons (Fsp3) is 0.560. The standard InChI is InChI=1S/C23H28FN5O2.C2H6/c1-13-10-18-14(2)20(23-25-15(3)28-31-23)22(27-21(18)19(24)11-13)29-7-4-16(5-8-29)26-17-6-9-30-12-17;1-2/h10-11,16-17,26H,4-9,12H2,1-3H3;1-2H3. The lowest BCUT2D eigenvalue weighted by Crippen LogP contribution is -2.46. The van der Waals surface area contributed by atoms with E-state index >= 15 is 0 Å². The Labute approximate surface area is 194 Å². The summed E-state index contributed by atoms with van der Waals surface area (Å²) in [5, 5.41) is 8.48. The molecule has 2 aliphatic heterocycles. The molecule has 1 atom stereocenters. The molecule has 5 rings (SSSR count). The Morgan fingerprint density at radius 3 is 2.42 bits per heavy atom. The van der Waals surface area contributed by atoms with E-state index in [-0.39, 0.29) is 5.82 Å². The molecule has 33 heavy (non-hydrogen) atoms. The zero-order chi connectivity index (χ0) is 23.5. The van der Waals surface area contributed by atoms with Gasteiger partial charge in [-0.15, -0.1) is 0 Å². The van der Waals surface area contributed by atoms with Crippen LogP contribution in [0.3, 0.4) is 0 Å². The van der Waals surface area contributed by atoms with Crippen molar-refractivity contribution in [3.8, 4) is 11.5 Å². The molecule has 7 nitrogen and oxygen atoms in total. The van der Waals surface area contributed by atoms with E-state index in [0.29, 0.717) is 29.3 Å². The number of hydrogen-bond acceptors (Lipinski definition) is 7. The third-order valence-electron chi connectivity index (χ3n) is 6.37. The van der Waals surface area contributed by atoms with Crippen molar-refractivity contribution in [2.45, 2.75) is 66.0 Å². The molecule has 2 fully saturated rings. The third-order valence-corrected chi connectivity index (χ3v) is 6.37. The van der Waals surface area contributed by atoms with E-state index in [0.717, 1.165) is 73.5 Å². The Kier molecular flexibility index (Phi) is 7.24. The molecule has 0 aliphatic carbocycles. The predicted octanol–water partition coefficient (Wildman–Crippen LogP) is 4.72. The number of rotatable bonds is 4. The van der Waals surface area contributed by atoms with E-state index in [1.54, 1.807) is 6.92 Å². The highest BCUT2D eigenvalue weighted by atomic mass is 19.1. The molecular weight excluding hydrogens is 421 g/mol. The minimum absolute atomic E-state index is 0.301. The number of fused-ring (bicyclic) bond motifs is 1. The molecule has 1 aromatic carbocycles. The maximum absolute atomic E-state index is 14.8. The highest BCUT2D eigenvalue weighted by molar-refractivity contribution is 5.93. The average molecular weight is 456 g/mol. The van der Waals surface area contributed by atoms with Gasteiger partial charge in [0.2, 0.25) is 0 Å². The maximum atomic E-state index is 14.8. The third kappa shape index (κ3) is 4.87. The first-order valence-electron chi connectivity index (χ1n) is 12.0. The van der Waals surface area contributed by atoms with Crippen molar-refractivity contribution < 1.29 is 13.7 Å². The molecule has 0 radical (unpaired) electrons. The highest BCUT2D eigenvalue weighted by Gasteiger charge is 2.29. The molecule has 3 aromatic rings. The van der Waals surface area contributed by atoms with Crippen LogP contribution in [0.1, 0.15) is 50.1 Å². The molecule has 4 heterocycles. The van der Waals surface area contributed by atoms with Gasteiger partial charge in [0.1, 0.15) is 17.2 Å². The van der Waals surface area contributed by atoms with Gasteiger partial charge >= 0.3 is 0 Å². The minimum atomic E-state index is -0.301. The van der Waals surface area contributed by atoms with Crippen molar-refractivity contribution in [1.29, 1.82) is 0 Å². The van der Waals surface area contributed by atoms with Crippen LogP contribution in [0, 0.1) is 26.6 Å². The number of hydrogen-bond donors (Lipinski definition) is 1. The lowest BCUT2D eigenvalue weighted by molar-refractivity contribution is 0.186. The van der Waals surface area contributed by atoms with Gasteiger partial charge in [-0.05, 0) is 63.3 Å². The predicted molar refractivity (Wildman–Crippen MR) is 128 cm³/mol. The van der Waals surface area contributed by atoms with Crippen LogP contribution in [0.2, 0.25) is 0 Å². The summed E-state index contributed by atoms with van der Waals surface area (Å²) in [5.74, 6) is 1.42. The quantitative estimate of drug-likeness (QED) is 0.610. The fourth-order valence-electron chi connectivity index (χ4n) is 4.74. The molecule has 0 saturated carbocycles. The first-order valence-corrected chi connectivity index (χ1v) is 12.0. The zero-order valence-electron chi connectivity index (χ0n) is 20.2. The number of piperidine rings is 1. The van der Waals surface area contributed by atoms with Gasteiger partial charge in [-0.2, -0.15) is 4.98 Å². The second-order valence-electron chi connectivity index (χ2n) is 8.71. The zero-order valence-corrected chi connectivity index (χ0v) is 20.2. The van der Waals surface area contributed by atoms with E-state index in [1.165, 1.54) is 6.07 Å². The van der Waals surface area contributed by atoms with Crippen LogP contribution in [-0.4, -0.2) is 53.5 Å². The van der Waals surface area contributed by atoms with Crippen molar-refractivity contribution in [2.24, 2.45) is 0 Å². The SMILES string of the molecule is CC.Cc1cc(F)c2nc(N3CCC(NC4CCOC4)CC3)c(-c3nc(C)no3)c(C)c2c1. The largest absolute Gasteiger partial charge is 0.380 e. The molecule has 178 valence electrons. The van der Waals surface area contributed by atoms with Crippen LogP contribution < -0.4 is 10.2 Å².